The van der Waals surface area contributed by atoms with E-state index in [4.69, 9.17) is 18.9 Å². The average molecular weight is 693 g/mol. The Labute approximate surface area is 273 Å². The fourth-order valence-corrected chi connectivity index (χ4v) is 4.61. The number of likely N-dealkylation sites (tertiary alicyclic amines) is 1. The first kappa shape index (κ1) is 42.0. The summed E-state index contributed by atoms with van der Waals surface area (Å²) >= 11 is 3.70. The molecule has 1 heterocycles. The number of esters is 3. The van der Waals surface area contributed by atoms with Crippen molar-refractivity contribution >= 4 is 45.7 Å². The van der Waals surface area contributed by atoms with Gasteiger partial charge in [-0.1, -0.05) is 43.6 Å². The van der Waals surface area contributed by atoms with Crippen LogP contribution in [0.4, 0.5) is 0 Å². The summed E-state index contributed by atoms with van der Waals surface area (Å²) in [6.45, 7) is 26.3. The number of alkyl halides is 1. The molecule has 1 unspecified atom stereocenters. The van der Waals surface area contributed by atoms with Crippen LogP contribution in [-0.4, -0.2) is 76.5 Å². The van der Waals surface area contributed by atoms with E-state index in [9.17, 15) is 24.0 Å². The first-order valence-corrected chi connectivity index (χ1v) is 16.3. The second kappa shape index (κ2) is 16.0. The number of hydrogen-bond donors (Lipinski definition) is 0. The van der Waals surface area contributed by atoms with Crippen LogP contribution in [0.15, 0.2) is 0 Å². The molecule has 1 fully saturated rings. The Morgan fingerprint density at radius 3 is 1.70 bits per heavy atom. The topological polar surface area (TPSA) is 126 Å². The van der Waals surface area contributed by atoms with Gasteiger partial charge in [0, 0.05) is 23.7 Å². The van der Waals surface area contributed by atoms with Crippen LogP contribution in [-0.2, 0) is 42.9 Å². The monoisotopic (exact) mass is 691 g/mol. The van der Waals surface area contributed by atoms with Gasteiger partial charge in [0.25, 0.3) is 0 Å². The number of carbonyl (C=O) groups excluding carboxylic acids is 5. The van der Waals surface area contributed by atoms with Crippen LogP contribution < -0.4 is 0 Å². The van der Waals surface area contributed by atoms with Gasteiger partial charge in [-0.2, -0.15) is 0 Å². The van der Waals surface area contributed by atoms with Gasteiger partial charge in [0.05, 0.1) is 29.5 Å². The number of carbonyl (C=O) groups is 5. The molecule has 0 aromatic rings. The van der Waals surface area contributed by atoms with Gasteiger partial charge >= 0.3 is 17.9 Å². The largest absolute Gasteiger partial charge is 0.462 e. The molecule has 44 heavy (non-hydrogen) atoms. The summed E-state index contributed by atoms with van der Waals surface area (Å²) in [6.07, 6.45) is 0.486. The van der Waals surface area contributed by atoms with Crippen molar-refractivity contribution in [3.05, 3.63) is 0 Å². The Bertz CT molecular complexity index is 1010. The number of ether oxygens (including phenoxy) is 4. The van der Waals surface area contributed by atoms with Crippen LogP contribution in [0.1, 0.15) is 123 Å². The minimum absolute atomic E-state index is 0.0244. The van der Waals surface area contributed by atoms with E-state index in [-0.39, 0.29) is 69.5 Å². The molecule has 1 atom stereocenters. The summed E-state index contributed by atoms with van der Waals surface area (Å²) in [7, 11) is 0. The smallest absolute Gasteiger partial charge is 0.313 e. The van der Waals surface area contributed by atoms with E-state index in [2.05, 4.69) is 15.9 Å². The zero-order chi connectivity index (χ0) is 34.9. The number of imide groups is 1. The molecule has 1 rings (SSSR count). The van der Waals surface area contributed by atoms with Crippen LogP contribution in [0.5, 0.6) is 0 Å². The highest BCUT2D eigenvalue weighted by atomic mass is 79.9. The molecule has 0 bridgehead atoms. The minimum atomic E-state index is -1.04. The molecule has 0 aliphatic carbocycles. The van der Waals surface area contributed by atoms with Gasteiger partial charge in [0.15, 0.2) is 0 Å². The predicted molar refractivity (Wildman–Crippen MR) is 173 cm³/mol. The molecule has 0 aromatic carbocycles. The number of nitrogens with zero attached hydrogens (tertiary/aromatic N) is 1. The summed E-state index contributed by atoms with van der Waals surface area (Å²) < 4.78 is 21.8. The van der Waals surface area contributed by atoms with Crippen molar-refractivity contribution < 1.29 is 42.9 Å². The van der Waals surface area contributed by atoms with Crippen molar-refractivity contribution in [2.45, 2.75) is 138 Å². The normalized spacial score (nSPS) is 16.1. The van der Waals surface area contributed by atoms with Gasteiger partial charge < -0.3 is 18.9 Å². The summed E-state index contributed by atoms with van der Waals surface area (Å²) in [5.41, 5.74) is -4.07. The van der Waals surface area contributed by atoms with Crippen molar-refractivity contribution in [2.24, 2.45) is 16.2 Å². The van der Waals surface area contributed by atoms with Gasteiger partial charge in [-0.15, -0.1) is 0 Å². The van der Waals surface area contributed by atoms with Crippen molar-refractivity contribution in [1.29, 1.82) is 0 Å². The van der Waals surface area contributed by atoms with E-state index in [1.807, 2.05) is 83.1 Å². The molecule has 0 radical (unpaired) electrons. The number of hydrogen-bond acceptors (Lipinski definition) is 9. The lowest BCUT2D eigenvalue weighted by molar-refractivity contribution is -0.185. The molecule has 256 valence electrons. The van der Waals surface area contributed by atoms with Gasteiger partial charge in [-0.25, -0.2) is 0 Å². The molecule has 0 N–H and O–H groups in total. The quantitative estimate of drug-likeness (QED) is 0.0631. The Balaban J connectivity index is 0.00000904. The predicted octanol–water partition coefficient (Wildman–Crippen LogP) is 6.40. The molecule has 0 spiro atoms. The second-order valence-corrected chi connectivity index (χ2v) is 16.6. The highest BCUT2D eigenvalue weighted by Crippen LogP contribution is 2.53. The summed E-state index contributed by atoms with van der Waals surface area (Å²) in [4.78, 5) is 63.5. The molecule has 1 aliphatic rings. The fraction of sp³-hybridized carbons (Fsp3) is 0.848. The molecular formula is C33H58BrNO9. The Morgan fingerprint density at radius 1 is 0.773 bits per heavy atom. The lowest BCUT2D eigenvalue weighted by Gasteiger charge is -2.48. The molecule has 0 aromatic heterocycles. The molecular weight excluding hydrogens is 634 g/mol. The van der Waals surface area contributed by atoms with Crippen molar-refractivity contribution in [2.75, 3.05) is 26.4 Å². The van der Waals surface area contributed by atoms with E-state index in [0.717, 1.165) is 4.90 Å². The minimum Gasteiger partial charge on any atom is -0.462 e. The van der Waals surface area contributed by atoms with Gasteiger partial charge in [0.2, 0.25) is 11.8 Å². The first-order valence-electron chi connectivity index (χ1n) is 15.5. The van der Waals surface area contributed by atoms with E-state index in [1.165, 1.54) is 0 Å². The highest BCUT2D eigenvalue weighted by molar-refractivity contribution is 9.10. The van der Waals surface area contributed by atoms with Crippen LogP contribution in [0.25, 0.3) is 0 Å². The lowest BCUT2D eigenvalue weighted by atomic mass is 9.58. The average Bonchev–Trinajstić information content (AvgIpc) is 3.20. The number of halogens is 1. The SMILES string of the molecule is CC.CC(C)(C)OCC(C)(C)OC(=O)C(C)(CC(C)(C)C(C)(C)C(=O)OCCOC(=O)CCN1C(=O)CCC1=O)C(C)(C)Br. The summed E-state index contributed by atoms with van der Waals surface area (Å²) in [6, 6.07) is 0. The molecule has 1 saturated heterocycles. The maximum atomic E-state index is 13.8. The Kier molecular flexibility index (Phi) is 15.3. The fourth-order valence-electron chi connectivity index (χ4n) is 4.31. The highest BCUT2D eigenvalue weighted by Gasteiger charge is 2.56. The zero-order valence-corrected chi connectivity index (χ0v) is 31.2. The molecule has 1 aliphatic heterocycles. The van der Waals surface area contributed by atoms with Crippen LogP contribution in [0.2, 0.25) is 0 Å². The molecule has 0 saturated carbocycles. The number of rotatable bonds is 15. The maximum Gasteiger partial charge on any atom is 0.313 e. The zero-order valence-electron chi connectivity index (χ0n) is 29.7. The van der Waals surface area contributed by atoms with Gasteiger partial charge in [0.1, 0.15) is 18.8 Å². The summed E-state index contributed by atoms with van der Waals surface area (Å²) in [5.74, 6) is -2.09. The maximum absolute atomic E-state index is 13.8. The van der Waals surface area contributed by atoms with E-state index in [1.54, 1.807) is 13.8 Å². The van der Waals surface area contributed by atoms with Crippen LogP contribution in [0.3, 0.4) is 0 Å². The van der Waals surface area contributed by atoms with E-state index >= 15 is 0 Å². The van der Waals surface area contributed by atoms with E-state index in [0.29, 0.717) is 0 Å². The van der Waals surface area contributed by atoms with E-state index < -0.39 is 44.1 Å². The Morgan fingerprint density at radius 2 is 1.25 bits per heavy atom. The third kappa shape index (κ3) is 12.1. The Hall–Kier alpha value is -2.01. The standard InChI is InChI=1S/C31H52BrNO9.C2H6/c1-26(2,3)41-20-28(6,7)42-25(38)31(12,30(10,11)32)19-27(4,5)29(8,9)24(37)40-18-17-39-23(36)15-16-33-21(34)13-14-22(33)35;1-2/h13-20H2,1-12H3;1-2H3. The molecule has 2 amide bonds. The van der Waals surface area contributed by atoms with Gasteiger partial charge in [-0.3, -0.25) is 28.9 Å². The second-order valence-electron chi connectivity index (χ2n) is 14.6. The van der Waals surface area contributed by atoms with Crippen molar-refractivity contribution in [1.82, 2.24) is 4.90 Å². The molecule has 11 heteroatoms. The lowest BCUT2D eigenvalue weighted by Crippen LogP contribution is -2.53. The summed E-state index contributed by atoms with van der Waals surface area (Å²) in [5, 5.41) is 0. The van der Waals surface area contributed by atoms with Gasteiger partial charge in [-0.05, 0) is 81.1 Å². The first-order chi connectivity index (χ1) is 19.8. The third-order valence-electron chi connectivity index (χ3n) is 8.26. The third-order valence-corrected chi connectivity index (χ3v) is 9.13. The number of amides is 2. The van der Waals surface area contributed by atoms with Crippen LogP contribution in [0, 0.1) is 16.2 Å². The van der Waals surface area contributed by atoms with Crippen LogP contribution >= 0.6 is 15.9 Å². The van der Waals surface area contributed by atoms with Crippen molar-refractivity contribution in [3.8, 4) is 0 Å². The van der Waals surface area contributed by atoms with Crippen molar-refractivity contribution in [3.63, 3.8) is 0 Å². The molecule has 10 nitrogen and oxygen atoms in total.